The van der Waals surface area contributed by atoms with Crippen molar-refractivity contribution in [2.24, 2.45) is 0 Å². The first-order valence-electron chi connectivity index (χ1n) is 7.35. The molecule has 2 N–H and O–H groups in total. The van der Waals surface area contributed by atoms with Crippen LogP contribution in [0.15, 0.2) is 0 Å². The Hall–Kier alpha value is -1.34. The number of fused-ring (bicyclic) bond motifs is 2. The van der Waals surface area contributed by atoms with Crippen molar-refractivity contribution in [1.82, 2.24) is 20.6 Å². The van der Waals surface area contributed by atoms with Crippen molar-refractivity contribution in [1.29, 1.82) is 0 Å². The molecule has 0 unspecified atom stereocenters. The highest BCUT2D eigenvalue weighted by Crippen LogP contribution is 2.28. The molecule has 7 nitrogen and oxygen atoms in total. The number of hydrogen-bond acceptors (Lipinski definition) is 4. The maximum atomic E-state index is 12.1. The number of hydrogen-bond donors (Lipinski definition) is 2. The highest BCUT2D eigenvalue weighted by atomic mass is 16.7. The number of rotatable bonds is 4. The molecule has 3 atom stereocenters. The Morgan fingerprint density at radius 1 is 1.45 bits per heavy atom. The zero-order valence-electron chi connectivity index (χ0n) is 11.8. The van der Waals surface area contributed by atoms with Crippen molar-refractivity contribution >= 4 is 11.9 Å². The van der Waals surface area contributed by atoms with E-state index in [1.165, 1.54) is 0 Å². The van der Waals surface area contributed by atoms with Crippen LogP contribution < -0.4 is 10.8 Å². The second kappa shape index (κ2) is 5.57. The van der Waals surface area contributed by atoms with Gasteiger partial charge in [0.1, 0.15) is 6.04 Å². The molecule has 0 aromatic heterocycles. The molecule has 0 saturated carbocycles. The van der Waals surface area contributed by atoms with Crippen LogP contribution in [0.3, 0.4) is 0 Å². The Bertz CT molecular complexity index is 397. The van der Waals surface area contributed by atoms with Gasteiger partial charge in [-0.2, -0.15) is 0 Å². The van der Waals surface area contributed by atoms with Crippen LogP contribution in [0.2, 0.25) is 0 Å². The number of piperidine rings is 1. The lowest BCUT2D eigenvalue weighted by Crippen LogP contribution is -2.50. The summed E-state index contributed by atoms with van der Waals surface area (Å²) in [5.41, 5.74) is 2.51. The number of nitrogens with one attached hydrogen (secondary N) is 2. The summed E-state index contributed by atoms with van der Waals surface area (Å²) in [6.07, 6.45) is 3.82. The molecule has 0 aliphatic carbocycles. The molecular formula is C13H22N4O3. The highest BCUT2D eigenvalue weighted by Gasteiger charge is 2.45. The van der Waals surface area contributed by atoms with Gasteiger partial charge < -0.3 is 15.1 Å². The summed E-state index contributed by atoms with van der Waals surface area (Å²) < 4.78 is 0. The van der Waals surface area contributed by atoms with Gasteiger partial charge >= 0.3 is 6.03 Å². The molecule has 0 aromatic rings. The molecule has 0 aromatic carbocycles. The molecule has 3 aliphatic rings. The fourth-order valence-electron chi connectivity index (χ4n) is 3.29. The van der Waals surface area contributed by atoms with E-state index in [0.29, 0.717) is 25.6 Å². The fraction of sp³-hybridized carbons (Fsp3) is 0.846. The summed E-state index contributed by atoms with van der Waals surface area (Å²) in [6.45, 7) is 2.15. The van der Waals surface area contributed by atoms with Gasteiger partial charge in [-0.25, -0.2) is 10.3 Å². The van der Waals surface area contributed by atoms with Crippen molar-refractivity contribution in [2.75, 3.05) is 26.7 Å². The van der Waals surface area contributed by atoms with Gasteiger partial charge in [0.15, 0.2) is 0 Å². The van der Waals surface area contributed by atoms with E-state index < -0.39 is 0 Å². The maximum absolute atomic E-state index is 12.1. The summed E-state index contributed by atoms with van der Waals surface area (Å²) in [6, 6.07) is 0.145. The average molecular weight is 282 g/mol. The Morgan fingerprint density at radius 3 is 3.05 bits per heavy atom. The average Bonchev–Trinajstić information content (AvgIpc) is 3.04. The third-order valence-corrected chi connectivity index (χ3v) is 4.57. The van der Waals surface area contributed by atoms with Crippen molar-refractivity contribution < 1.29 is 14.4 Å². The monoisotopic (exact) mass is 282 g/mol. The Labute approximate surface area is 118 Å². The number of nitrogens with zero attached hydrogens (tertiary/aromatic N) is 2. The molecule has 0 spiro atoms. The number of hydroxylamine groups is 1. The molecule has 2 bridgehead atoms. The summed E-state index contributed by atoms with van der Waals surface area (Å²) in [4.78, 5) is 32.8. The van der Waals surface area contributed by atoms with E-state index in [1.54, 1.807) is 16.8 Å². The molecule has 3 aliphatic heterocycles. The van der Waals surface area contributed by atoms with Gasteiger partial charge in [-0.1, -0.05) is 0 Å². The number of carbonyl (C=O) groups excluding carboxylic acids is 2. The predicted octanol–water partition coefficient (Wildman–Crippen LogP) is -0.315. The van der Waals surface area contributed by atoms with E-state index in [2.05, 4.69) is 10.8 Å². The quantitative estimate of drug-likeness (QED) is 0.693. The van der Waals surface area contributed by atoms with Crippen LogP contribution in [-0.4, -0.2) is 66.6 Å². The van der Waals surface area contributed by atoms with E-state index in [-0.39, 0.29) is 24.0 Å². The topological polar surface area (TPSA) is 73.9 Å². The SMILES string of the molecule is CN1C(=O)N2C[C@H]1CC[C@H]2C(=O)NOC[C@H]1CCCN1. The lowest BCUT2D eigenvalue weighted by atomic mass is 10.0. The Balaban J connectivity index is 1.48. The van der Waals surface area contributed by atoms with Crippen LogP contribution in [0.4, 0.5) is 4.79 Å². The van der Waals surface area contributed by atoms with Crippen LogP contribution in [-0.2, 0) is 9.63 Å². The first-order chi connectivity index (χ1) is 9.66. The van der Waals surface area contributed by atoms with E-state index in [9.17, 15) is 9.59 Å². The minimum atomic E-state index is -0.389. The second-order valence-electron chi connectivity index (χ2n) is 5.86. The number of urea groups is 1. The van der Waals surface area contributed by atoms with Gasteiger partial charge in [-0.15, -0.1) is 0 Å². The van der Waals surface area contributed by atoms with Crippen LogP contribution in [0, 0.1) is 0 Å². The third-order valence-electron chi connectivity index (χ3n) is 4.57. The first-order valence-corrected chi connectivity index (χ1v) is 7.35. The molecule has 7 heteroatoms. The standard InChI is InChI=1S/C13H22N4O3/c1-16-10-4-5-11(17(7-10)13(16)19)12(18)15-20-8-9-3-2-6-14-9/h9-11,14H,2-8H2,1H3,(H,15,18)/t9-,10-,11+/m1/s1. The van der Waals surface area contributed by atoms with Crippen molar-refractivity contribution in [2.45, 2.75) is 43.8 Å². The van der Waals surface area contributed by atoms with E-state index in [1.807, 2.05) is 0 Å². The summed E-state index contributed by atoms with van der Waals surface area (Å²) >= 11 is 0. The van der Waals surface area contributed by atoms with Crippen LogP contribution in [0.5, 0.6) is 0 Å². The third kappa shape index (κ3) is 2.47. The molecule has 3 amide bonds. The van der Waals surface area contributed by atoms with E-state index in [0.717, 1.165) is 25.8 Å². The molecule has 0 radical (unpaired) electrons. The first kappa shape index (κ1) is 13.6. The van der Waals surface area contributed by atoms with Crippen molar-refractivity contribution in [3.05, 3.63) is 0 Å². The van der Waals surface area contributed by atoms with Crippen LogP contribution in [0.25, 0.3) is 0 Å². The van der Waals surface area contributed by atoms with Gasteiger partial charge in [0.25, 0.3) is 5.91 Å². The van der Waals surface area contributed by atoms with E-state index >= 15 is 0 Å². The summed E-state index contributed by atoms with van der Waals surface area (Å²) in [7, 11) is 1.80. The zero-order valence-corrected chi connectivity index (χ0v) is 11.8. The molecule has 112 valence electrons. The zero-order chi connectivity index (χ0) is 14.1. The summed E-state index contributed by atoms with van der Waals surface area (Å²) in [5.74, 6) is -0.204. The lowest BCUT2D eigenvalue weighted by molar-refractivity contribution is -0.139. The van der Waals surface area contributed by atoms with Crippen molar-refractivity contribution in [3.8, 4) is 0 Å². The largest absolute Gasteiger partial charge is 0.323 e. The van der Waals surface area contributed by atoms with Crippen LogP contribution >= 0.6 is 0 Å². The van der Waals surface area contributed by atoms with Gasteiger partial charge in [-0.3, -0.25) is 9.63 Å². The van der Waals surface area contributed by atoms with Gasteiger partial charge in [0, 0.05) is 19.6 Å². The normalized spacial score (nSPS) is 32.9. The number of amides is 3. The van der Waals surface area contributed by atoms with Gasteiger partial charge in [-0.05, 0) is 32.2 Å². The number of carbonyl (C=O) groups is 2. The van der Waals surface area contributed by atoms with Crippen LogP contribution in [0.1, 0.15) is 25.7 Å². The molecule has 3 heterocycles. The second-order valence-corrected chi connectivity index (χ2v) is 5.86. The predicted molar refractivity (Wildman–Crippen MR) is 71.8 cm³/mol. The Morgan fingerprint density at radius 2 is 2.30 bits per heavy atom. The molecule has 3 fully saturated rings. The minimum absolute atomic E-state index is 0.0508. The summed E-state index contributed by atoms with van der Waals surface area (Å²) in [5, 5.41) is 3.30. The molecule has 20 heavy (non-hydrogen) atoms. The van der Waals surface area contributed by atoms with E-state index in [4.69, 9.17) is 4.84 Å². The number of likely N-dealkylation sites (N-methyl/N-ethyl adjacent to an activating group) is 1. The maximum Gasteiger partial charge on any atom is 0.320 e. The molecule has 3 saturated heterocycles. The van der Waals surface area contributed by atoms with Gasteiger partial charge in [0.2, 0.25) is 0 Å². The van der Waals surface area contributed by atoms with Crippen molar-refractivity contribution in [3.63, 3.8) is 0 Å². The smallest absolute Gasteiger partial charge is 0.320 e. The highest BCUT2D eigenvalue weighted by molar-refractivity contribution is 5.88. The van der Waals surface area contributed by atoms with Gasteiger partial charge in [0.05, 0.1) is 12.6 Å². The lowest BCUT2D eigenvalue weighted by Gasteiger charge is -2.29. The minimum Gasteiger partial charge on any atom is -0.323 e. The fourth-order valence-corrected chi connectivity index (χ4v) is 3.29. The molecular weight excluding hydrogens is 260 g/mol. The molecule has 3 rings (SSSR count). The Kier molecular flexibility index (Phi) is 3.80.